The average molecular weight is 252 g/mol. The van der Waals surface area contributed by atoms with Crippen LogP contribution in [-0.4, -0.2) is 21.1 Å². The van der Waals surface area contributed by atoms with Crippen molar-refractivity contribution in [3.8, 4) is 0 Å². The lowest BCUT2D eigenvalue weighted by molar-refractivity contribution is 0.102. The van der Waals surface area contributed by atoms with Crippen LogP contribution >= 0.6 is 0 Å². The van der Waals surface area contributed by atoms with Crippen LogP contribution in [0.3, 0.4) is 0 Å². The number of rotatable bonds is 2. The number of hydrogen-bond acceptors (Lipinski definition) is 3. The quantitative estimate of drug-likeness (QED) is 0.736. The normalized spacial score (nSPS) is 10.6. The minimum absolute atomic E-state index is 0.233. The van der Waals surface area contributed by atoms with E-state index in [0.717, 1.165) is 16.6 Å². The molecule has 3 rings (SSSR count). The Kier molecular flexibility index (Phi) is 2.72. The summed E-state index contributed by atoms with van der Waals surface area (Å²) in [7, 11) is 0. The molecule has 0 saturated carbocycles. The van der Waals surface area contributed by atoms with Gasteiger partial charge in [0.1, 0.15) is 0 Å². The number of aryl methyl sites for hydroxylation is 1. The molecule has 0 radical (unpaired) electrons. The molecule has 3 aromatic rings. The van der Waals surface area contributed by atoms with Crippen LogP contribution in [0.15, 0.2) is 42.6 Å². The molecule has 0 atom stereocenters. The summed E-state index contributed by atoms with van der Waals surface area (Å²) in [5, 5.41) is 10.5. The summed E-state index contributed by atoms with van der Waals surface area (Å²) < 4.78 is 0. The summed E-state index contributed by atoms with van der Waals surface area (Å²) in [5.74, 6) is -0.233. The Bertz CT molecular complexity index is 748. The summed E-state index contributed by atoms with van der Waals surface area (Å²) in [6.45, 7) is 1.87. The molecule has 5 heteroatoms. The number of carbonyl (C=O) groups excluding carboxylic acids is 1. The number of nitrogens with zero attached hydrogens (tertiary/aromatic N) is 2. The molecule has 2 heterocycles. The molecule has 19 heavy (non-hydrogen) atoms. The van der Waals surface area contributed by atoms with E-state index in [2.05, 4.69) is 20.5 Å². The Labute approximate surface area is 109 Å². The number of aromatic nitrogens is 3. The largest absolute Gasteiger partial charge is 0.320 e. The highest BCUT2D eigenvalue weighted by Crippen LogP contribution is 2.16. The SMILES string of the molecule is Cc1cc(NC(=O)c2n[nH]c3ccccc23)ccn1. The van der Waals surface area contributed by atoms with Crippen LogP contribution in [0.1, 0.15) is 16.2 Å². The first-order chi connectivity index (χ1) is 9.24. The maximum Gasteiger partial charge on any atom is 0.276 e. The van der Waals surface area contributed by atoms with Crippen LogP contribution in [-0.2, 0) is 0 Å². The van der Waals surface area contributed by atoms with Gasteiger partial charge in [-0.15, -0.1) is 0 Å². The number of carbonyl (C=O) groups is 1. The molecule has 0 spiro atoms. The van der Waals surface area contributed by atoms with Crippen molar-refractivity contribution in [3.05, 3.63) is 54.0 Å². The topological polar surface area (TPSA) is 70.7 Å². The smallest absolute Gasteiger partial charge is 0.276 e. The summed E-state index contributed by atoms with van der Waals surface area (Å²) in [5.41, 5.74) is 2.80. The number of pyridine rings is 1. The molecule has 0 unspecified atom stereocenters. The fourth-order valence-corrected chi connectivity index (χ4v) is 1.95. The Morgan fingerprint density at radius 2 is 2.11 bits per heavy atom. The van der Waals surface area contributed by atoms with Crippen LogP contribution < -0.4 is 5.32 Å². The van der Waals surface area contributed by atoms with Gasteiger partial charge in [0.2, 0.25) is 0 Å². The highest BCUT2D eigenvalue weighted by atomic mass is 16.1. The van der Waals surface area contributed by atoms with E-state index in [0.29, 0.717) is 11.4 Å². The fraction of sp³-hybridized carbons (Fsp3) is 0.0714. The molecule has 2 N–H and O–H groups in total. The third kappa shape index (κ3) is 2.18. The van der Waals surface area contributed by atoms with Gasteiger partial charge in [-0.25, -0.2) is 0 Å². The summed E-state index contributed by atoms with van der Waals surface area (Å²) in [6, 6.07) is 11.1. The number of para-hydroxylation sites is 1. The van der Waals surface area contributed by atoms with Crippen molar-refractivity contribution in [2.45, 2.75) is 6.92 Å². The van der Waals surface area contributed by atoms with Gasteiger partial charge in [-0.3, -0.25) is 14.9 Å². The Hall–Kier alpha value is -2.69. The van der Waals surface area contributed by atoms with E-state index >= 15 is 0 Å². The predicted octanol–water partition coefficient (Wildman–Crippen LogP) is 2.52. The van der Waals surface area contributed by atoms with Gasteiger partial charge in [0.15, 0.2) is 5.69 Å². The number of amides is 1. The van der Waals surface area contributed by atoms with E-state index in [1.54, 1.807) is 12.3 Å². The van der Waals surface area contributed by atoms with Gasteiger partial charge < -0.3 is 5.32 Å². The van der Waals surface area contributed by atoms with E-state index in [9.17, 15) is 4.79 Å². The summed E-state index contributed by atoms with van der Waals surface area (Å²) >= 11 is 0. The molecule has 1 amide bonds. The first-order valence-corrected chi connectivity index (χ1v) is 5.91. The van der Waals surface area contributed by atoms with Crippen molar-refractivity contribution in [1.29, 1.82) is 0 Å². The fourth-order valence-electron chi connectivity index (χ4n) is 1.95. The van der Waals surface area contributed by atoms with Crippen LogP contribution in [0.2, 0.25) is 0 Å². The third-order valence-electron chi connectivity index (χ3n) is 2.84. The van der Waals surface area contributed by atoms with Crippen LogP contribution in [0.25, 0.3) is 10.9 Å². The second-order valence-electron chi connectivity index (χ2n) is 4.26. The van der Waals surface area contributed by atoms with Crippen molar-refractivity contribution < 1.29 is 4.79 Å². The van der Waals surface area contributed by atoms with Crippen LogP contribution in [0, 0.1) is 6.92 Å². The molecule has 0 saturated heterocycles. The van der Waals surface area contributed by atoms with Crippen molar-refractivity contribution in [1.82, 2.24) is 15.2 Å². The molecular formula is C14H12N4O. The first-order valence-electron chi connectivity index (χ1n) is 5.91. The molecule has 1 aromatic carbocycles. The lowest BCUT2D eigenvalue weighted by Gasteiger charge is -2.03. The number of fused-ring (bicyclic) bond motifs is 1. The number of nitrogens with one attached hydrogen (secondary N) is 2. The van der Waals surface area contributed by atoms with Crippen LogP contribution in [0.4, 0.5) is 5.69 Å². The molecule has 0 fully saturated rings. The summed E-state index contributed by atoms with van der Waals surface area (Å²) in [4.78, 5) is 16.3. The molecule has 0 bridgehead atoms. The van der Waals surface area contributed by atoms with Gasteiger partial charge >= 0.3 is 0 Å². The van der Waals surface area contributed by atoms with E-state index in [1.165, 1.54) is 0 Å². The predicted molar refractivity (Wildman–Crippen MR) is 73.0 cm³/mol. The zero-order valence-electron chi connectivity index (χ0n) is 10.3. The molecule has 94 valence electrons. The first kappa shape index (κ1) is 11.4. The third-order valence-corrected chi connectivity index (χ3v) is 2.84. The average Bonchev–Trinajstić information content (AvgIpc) is 2.82. The van der Waals surface area contributed by atoms with Gasteiger partial charge in [0, 0.05) is 23.0 Å². The lowest BCUT2D eigenvalue weighted by Crippen LogP contribution is -2.13. The second kappa shape index (κ2) is 4.53. The number of benzene rings is 1. The van der Waals surface area contributed by atoms with Crippen molar-refractivity contribution in [2.24, 2.45) is 0 Å². The minimum atomic E-state index is -0.233. The molecule has 0 aliphatic heterocycles. The van der Waals surface area contributed by atoms with Crippen molar-refractivity contribution in [2.75, 3.05) is 5.32 Å². The maximum absolute atomic E-state index is 12.2. The highest BCUT2D eigenvalue weighted by Gasteiger charge is 2.13. The lowest BCUT2D eigenvalue weighted by atomic mass is 10.2. The Balaban J connectivity index is 1.92. The molecule has 2 aromatic heterocycles. The molecule has 0 aliphatic rings. The van der Waals surface area contributed by atoms with Gasteiger partial charge in [-0.2, -0.15) is 5.10 Å². The molecule has 0 aliphatic carbocycles. The minimum Gasteiger partial charge on any atom is -0.320 e. The van der Waals surface area contributed by atoms with E-state index < -0.39 is 0 Å². The monoisotopic (exact) mass is 252 g/mol. The number of H-pyrrole nitrogens is 1. The van der Waals surface area contributed by atoms with E-state index in [1.807, 2.05) is 37.3 Å². The van der Waals surface area contributed by atoms with Crippen molar-refractivity contribution >= 4 is 22.5 Å². The van der Waals surface area contributed by atoms with Gasteiger partial charge in [-0.05, 0) is 25.1 Å². The highest BCUT2D eigenvalue weighted by molar-refractivity contribution is 6.11. The van der Waals surface area contributed by atoms with Crippen molar-refractivity contribution in [3.63, 3.8) is 0 Å². The standard InChI is InChI=1S/C14H12N4O/c1-9-8-10(6-7-15-9)16-14(19)13-11-4-2-3-5-12(11)17-18-13/h2-8H,1H3,(H,17,18)(H,15,16,19). The Morgan fingerprint density at radius 1 is 1.26 bits per heavy atom. The number of hydrogen-bond donors (Lipinski definition) is 2. The number of anilines is 1. The molecular weight excluding hydrogens is 240 g/mol. The van der Waals surface area contributed by atoms with Gasteiger partial charge in [0.05, 0.1) is 5.52 Å². The zero-order chi connectivity index (χ0) is 13.2. The number of aromatic amines is 1. The Morgan fingerprint density at radius 3 is 2.95 bits per heavy atom. The zero-order valence-corrected chi connectivity index (χ0v) is 10.3. The van der Waals surface area contributed by atoms with E-state index in [4.69, 9.17) is 0 Å². The second-order valence-corrected chi connectivity index (χ2v) is 4.26. The van der Waals surface area contributed by atoms with Crippen LogP contribution in [0.5, 0.6) is 0 Å². The maximum atomic E-state index is 12.2. The molecule has 5 nitrogen and oxygen atoms in total. The van der Waals surface area contributed by atoms with Gasteiger partial charge in [0.25, 0.3) is 5.91 Å². The van der Waals surface area contributed by atoms with Gasteiger partial charge in [-0.1, -0.05) is 18.2 Å². The van der Waals surface area contributed by atoms with E-state index in [-0.39, 0.29) is 5.91 Å². The summed E-state index contributed by atoms with van der Waals surface area (Å²) in [6.07, 6.45) is 1.66.